The van der Waals surface area contributed by atoms with Gasteiger partial charge >= 0.3 is 10.1 Å². The Morgan fingerprint density at radius 3 is 2.37 bits per heavy atom. The van der Waals surface area contributed by atoms with E-state index in [1.165, 1.54) is 30.3 Å². The molecule has 3 rings (SSSR count). The van der Waals surface area contributed by atoms with Crippen LogP contribution in [0.1, 0.15) is 24.5 Å². The van der Waals surface area contributed by atoms with Gasteiger partial charge in [0.05, 0.1) is 16.1 Å². The zero-order valence-electron chi connectivity index (χ0n) is 19.0. The molecule has 0 unspecified atom stereocenters. The molecule has 0 saturated carbocycles. The molecule has 0 aromatic heterocycles. The lowest BCUT2D eigenvalue weighted by molar-refractivity contribution is -0.464. The highest BCUT2D eigenvalue weighted by molar-refractivity contribution is 7.89. The second kappa shape index (κ2) is 11.1. The minimum atomic E-state index is -4.41. The maximum atomic E-state index is 13.1. The van der Waals surface area contributed by atoms with Crippen LogP contribution in [-0.4, -0.2) is 47.4 Å². The first-order valence-corrected chi connectivity index (χ1v) is 13.2. The van der Waals surface area contributed by atoms with Crippen LogP contribution in [0.25, 0.3) is 0 Å². The number of benzene rings is 2. The smallest absolute Gasteiger partial charge is 0.339 e. The van der Waals surface area contributed by atoms with Gasteiger partial charge in [0, 0.05) is 12.5 Å². The quantitative estimate of drug-likeness (QED) is 0.132. The molecule has 0 amide bonds. The summed E-state index contributed by atoms with van der Waals surface area (Å²) in [6.07, 6.45) is 0.552. The van der Waals surface area contributed by atoms with E-state index in [0.717, 1.165) is 0 Å². The van der Waals surface area contributed by atoms with E-state index in [1.807, 2.05) is 0 Å². The predicted octanol–water partition coefficient (Wildman–Crippen LogP) is 1.12. The molecule has 0 atom stereocenters. The summed E-state index contributed by atoms with van der Waals surface area (Å²) in [5.41, 5.74) is 11.0. The average Bonchev–Trinajstić information content (AvgIpc) is 2.73. The van der Waals surface area contributed by atoms with Crippen molar-refractivity contribution in [1.82, 2.24) is 4.63 Å². The zero-order valence-corrected chi connectivity index (χ0v) is 20.7. The van der Waals surface area contributed by atoms with Gasteiger partial charge in [0.2, 0.25) is 5.96 Å². The van der Waals surface area contributed by atoms with Gasteiger partial charge in [-0.15, -0.1) is 0 Å². The number of nitrogens with two attached hydrogens (primary N) is 2. The molecule has 35 heavy (non-hydrogen) atoms. The van der Waals surface area contributed by atoms with Crippen LogP contribution >= 0.6 is 0 Å². The standard InChI is InChI=1S/C20H26N4O9S2/c1-3-17-18(34(25,26)24-31-13-32-24)6-4-7-19(17)35(27,28)33-16-11-14(2)10-15(12-16)29-8-5-9-30-23-20(21)22/h4,6-7,10-12H,3,5,8-9,13H2,1-2H3,(H4,21,22,23). The summed E-state index contributed by atoms with van der Waals surface area (Å²) in [5, 5.41) is 3.40. The first-order valence-electron chi connectivity index (χ1n) is 10.4. The molecule has 13 nitrogen and oxygen atoms in total. The molecule has 1 aliphatic rings. The topological polar surface area (TPSA) is 182 Å². The number of sulfonamides is 1. The van der Waals surface area contributed by atoms with Gasteiger partial charge in [-0.2, -0.15) is 8.42 Å². The van der Waals surface area contributed by atoms with Crippen molar-refractivity contribution in [2.24, 2.45) is 16.6 Å². The zero-order chi connectivity index (χ0) is 25.6. The molecule has 1 saturated heterocycles. The highest BCUT2D eigenvalue weighted by atomic mass is 32.2. The lowest BCUT2D eigenvalue weighted by Crippen LogP contribution is -2.42. The Bertz CT molecular complexity index is 1290. The van der Waals surface area contributed by atoms with Gasteiger partial charge < -0.3 is 25.2 Å². The van der Waals surface area contributed by atoms with E-state index in [2.05, 4.69) is 5.16 Å². The summed E-state index contributed by atoms with van der Waals surface area (Å²) in [6.45, 7) is 3.61. The van der Waals surface area contributed by atoms with E-state index >= 15 is 0 Å². The van der Waals surface area contributed by atoms with Crippen LogP contribution in [0.15, 0.2) is 51.3 Å². The van der Waals surface area contributed by atoms with Crippen molar-refractivity contribution in [2.45, 2.75) is 36.5 Å². The molecule has 0 aliphatic carbocycles. The Balaban J connectivity index is 1.79. The molecule has 192 valence electrons. The van der Waals surface area contributed by atoms with E-state index in [1.54, 1.807) is 19.9 Å². The van der Waals surface area contributed by atoms with Crippen molar-refractivity contribution in [2.75, 3.05) is 20.0 Å². The number of hydrogen-bond donors (Lipinski definition) is 2. The van der Waals surface area contributed by atoms with E-state index in [-0.39, 0.29) is 53.5 Å². The number of ether oxygens (including phenoxy) is 1. The predicted molar refractivity (Wildman–Crippen MR) is 123 cm³/mol. The SMILES string of the molecule is CCc1c(S(=O)(=O)Oc2cc(C)cc(OCCCON=C(N)N)c2)cccc1S(=O)(=O)N1OCO1. The molecule has 2 aromatic carbocycles. The highest BCUT2D eigenvalue weighted by Gasteiger charge is 2.36. The lowest BCUT2D eigenvalue weighted by atomic mass is 10.2. The number of rotatable bonds is 12. The molecule has 4 N–H and O–H groups in total. The molecule has 1 heterocycles. The maximum Gasteiger partial charge on any atom is 0.339 e. The summed E-state index contributed by atoms with van der Waals surface area (Å²) in [7, 11) is -8.63. The Labute approximate surface area is 203 Å². The van der Waals surface area contributed by atoms with Gasteiger partial charge in [0.25, 0.3) is 10.0 Å². The summed E-state index contributed by atoms with van der Waals surface area (Å²) < 4.78 is 63.0. The lowest BCUT2D eigenvalue weighted by Gasteiger charge is -2.28. The van der Waals surface area contributed by atoms with Crippen LogP contribution in [0.2, 0.25) is 0 Å². The molecular formula is C20H26N4O9S2. The highest BCUT2D eigenvalue weighted by Crippen LogP contribution is 2.31. The molecule has 2 aromatic rings. The van der Waals surface area contributed by atoms with Crippen LogP contribution in [0.4, 0.5) is 0 Å². The summed E-state index contributed by atoms with van der Waals surface area (Å²) >= 11 is 0. The van der Waals surface area contributed by atoms with E-state index in [0.29, 0.717) is 22.4 Å². The third-order valence-electron chi connectivity index (χ3n) is 4.55. The van der Waals surface area contributed by atoms with Crippen molar-refractivity contribution in [1.29, 1.82) is 0 Å². The van der Waals surface area contributed by atoms with Crippen LogP contribution < -0.4 is 20.4 Å². The maximum absolute atomic E-state index is 13.1. The van der Waals surface area contributed by atoms with Crippen LogP contribution in [0.3, 0.4) is 0 Å². The molecular weight excluding hydrogens is 504 g/mol. The third kappa shape index (κ3) is 6.52. The van der Waals surface area contributed by atoms with Crippen LogP contribution in [0, 0.1) is 6.92 Å². The summed E-state index contributed by atoms with van der Waals surface area (Å²) in [4.78, 5) is 13.8. The fraction of sp³-hybridized carbons (Fsp3) is 0.350. The molecule has 1 aliphatic heterocycles. The van der Waals surface area contributed by atoms with E-state index < -0.39 is 20.1 Å². The normalized spacial score (nSPS) is 14.1. The van der Waals surface area contributed by atoms with Crippen molar-refractivity contribution >= 4 is 26.1 Å². The van der Waals surface area contributed by atoms with E-state index in [4.69, 9.17) is 34.9 Å². The second-order valence-electron chi connectivity index (χ2n) is 7.23. The van der Waals surface area contributed by atoms with Crippen molar-refractivity contribution < 1.29 is 40.3 Å². The second-order valence-corrected chi connectivity index (χ2v) is 10.4. The van der Waals surface area contributed by atoms with Crippen molar-refractivity contribution in [3.63, 3.8) is 0 Å². The first kappa shape index (κ1) is 26.5. The fourth-order valence-corrected chi connectivity index (χ4v) is 5.78. The van der Waals surface area contributed by atoms with Crippen molar-refractivity contribution in [3.05, 3.63) is 47.5 Å². The Morgan fingerprint density at radius 1 is 1.06 bits per heavy atom. The third-order valence-corrected chi connectivity index (χ3v) is 7.43. The fourth-order valence-electron chi connectivity index (χ4n) is 3.14. The minimum Gasteiger partial charge on any atom is -0.493 e. The van der Waals surface area contributed by atoms with Gasteiger partial charge in [0.15, 0.2) is 6.79 Å². The molecule has 0 bridgehead atoms. The van der Waals surface area contributed by atoms with Crippen LogP contribution in [-0.2, 0) is 41.1 Å². The summed E-state index contributed by atoms with van der Waals surface area (Å²) in [5.74, 6) is 0.182. The number of aryl methyl sites for hydroxylation is 1. The van der Waals surface area contributed by atoms with Crippen LogP contribution in [0.5, 0.6) is 11.5 Å². The Morgan fingerprint density at radius 2 is 1.74 bits per heavy atom. The van der Waals surface area contributed by atoms with Gasteiger partial charge in [-0.25, -0.2) is 18.1 Å². The average molecular weight is 531 g/mol. The molecule has 0 radical (unpaired) electrons. The molecule has 0 spiro atoms. The van der Waals surface area contributed by atoms with E-state index in [9.17, 15) is 16.8 Å². The Hall–Kier alpha value is -3.11. The number of nitrogens with zero attached hydrogens (tertiary/aromatic N) is 2. The monoisotopic (exact) mass is 530 g/mol. The number of oxime groups is 1. The van der Waals surface area contributed by atoms with Crippen molar-refractivity contribution in [3.8, 4) is 11.5 Å². The minimum absolute atomic E-state index is 0.00137. The molecule has 1 fully saturated rings. The first-order chi connectivity index (χ1) is 16.5. The van der Waals surface area contributed by atoms with Gasteiger partial charge in [0.1, 0.15) is 23.0 Å². The van der Waals surface area contributed by atoms with Gasteiger partial charge in [-0.1, -0.05) is 13.0 Å². The molecule has 15 heteroatoms. The largest absolute Gasteiger partial charge is 0.493 e. The van der Waals surface area contributed by atoms with Gasteiger partial charge in [-0.3, -0.25) is 0 Å². The summed E-state index contributed by atoms with van der Waals surface area (Å²) in [6, 6.07) is 8.48. The Kier molecular flexibility index (Phi) is 8.39. The van der Waals surface area contributed by atoms with Gasteiger partial charge in [-0.05, 0) is 53.9 Å². The number of hydrogen-bond acceptors (Lipinski definition) is 10. The number of guanidine groups is 1.